The quantitative estimate of drug-likeness (QED) is 0.413. The third-order valence-corrected chi connectivity index (χ3v) is 0. The molecule has 1 nitrogen and oxygen atoms in total. The molecule has 0 atom stereocenters. The van der Waals surface area contributed by atoms with Crippen molar-refractivity contribution in [2.75, 3.05) is 0 Å². The minimum atomic E-state index is 0. The van der Waals surface area contributed by atoms with Crippen LogP contribution in [0.15, 0.2) is 0 Å². The topological polar surface area (TPSA) is 26.0 Å². The Hall–Kier alpha value is 2.60. The molecule has 0 spiro atoms. The summed E-state index contributed by atoms with van der Waals surface area (Å²) in [4.78, 5) is 0. The van der Waals surface area contributed by atoms with E-state index in [0.29, 0.717) is 6.04 Å². The summed E-state index contributed by atoms with van der Waals surface area (Å²) in [5, 5.41) is 0. The number of hydrogen-bond donors (Lipinski definition) is 1. The van der Waals surface area contributed by atoms with Crippen molar-refractivity contribution >= 4 is 80.9 Å². The van der Waals surface area contributed by atoms with Gasteiger partial charge in [0.15, 0.2) is 0 Å². The molecule has 0 fully saturated rings. The Kier molecular flexibility index (Phi) is 27.9. The Morgan fingerprint density at radius 2 is 1.33 bits per heavy atom. The number of nitrogens with two attached hydrogens (primary N) is 1. The standard InChI is InChI=1S/C3H9N.K.Na.2H/c1-3(2)4;;;;/h3H,4H2,1-2H3;;;;. The number of hydrogen-bond acceptors (Lipinski definition) is 1. The molecule has 0 aliphatic rings. The third kappa shape index (κ3) is 30.6. The molecule has 6 heavy (non-hydrogen) atoms. The van der Waals surface area contributed by atoms with Crippen molar-refractivity contribution in [2.45, 2.75) is 19.9 Å². The van der Waals surface area contributed by atoms with Gasteiger partial charge in [0.1, 0.15) is 0 Å². The molecule has 0 rings (SSSR count). The van der Waals surface area contributed by atoms with Gasteiger partial charge >= 0.3 is 80.9 Å². The second-order valence-electron chi connectivity index (χ2n) is 1.24. The van der Waals surface area contributed by atoms with Crippen LogP contribution in [0.25, 0.3) is 0 Å². The van der Waals surface area contributed by atoms with Gasteiger partial charge in [0, 0.05) is 0 Å². The third-order valence-electron chi connectivity index (χ3n) is 0. The predicted octanol–water partition coefficient (Wildman–Crippen LogP) is -0.944. The van der Waals surface area contributed by atoms with E-state index >= 15 is 0 Å². The molecule has 30 valence electrons. The first kappa shape index (κ1) is 15.8. The summed E-state index contributed by atoms with van der Waals surface area (Å²) >= 11 is 0. The van der Waals surface area contributed by atoms with Crippen LogP contribution in [0.3, 0.4) is 0 Å². The van der Waals surface area contributed by atoms with E-state index in [0.717, 1.165) is 0 Å². The summed E-state index contributed by atoms with van der Waals surface area (Å²) < 4.78 is 0. The van der Waals surface area contributed by atoms with Crippen molar-refractivity contribution in [3.05, 3.63) is 0 Å². The molecule has 0 amide bonds. The summed E-state index contributed by atoms with van der Waals surface area (Å²) in [6.45, 7) is 3.89. The molecule has 0 aliphatic carbocycles. The summed E-state index contributed by atoms with van der Waals surface area (Å²) in [5.41, 5.74) is 5.11. The second-order valence-corrected chi connectivity index (χ2v) is 1.24. The monoisotopic (exact) mass is 123 g/mol. The Morgan fingerprint density at radius 3 is 1.33 bits per heavy atom. The van der Waals surface area contributed by atoms with E-state index in [1.165, 1.54) is 0 Å². The zero-order chi connectivity index (χ0) is 3.58. The molecule has 3 heteroatoms. The van der Waals surface area contributed by atoms with E-state index in [9.17, 15) is 0 Å². The Bertz CT molecular complexity index is 15.5. The van der Waals surface area contributed by atoms with Gasteiger partial charge in [-0.15, -0.1) is 0 Å². The van der Waals surface area contributed by atoms with E-state index < -0.39 is 0 Å². The average Bonchev–Trinajstić information content (AvgIpc) is 0.811. The molecule has 0 aromatic heterocycles. The molecule has 0 saturated heterocycles. The second kappa shape index (κ2) is 10.6. The molecule has 0 unspecified atom stereocenters. The molecule has 0 aromatic carbocycles. The van der Waals surface area contributed by atoms with Gasteiger partial charge in [0.25, 0.3) is 0 Å². The van der Waals surface area contributed by atoms with Crippen LogP contribution in [0, 0.1) is 0 Å². The molecular weight excluding hydrogens is 112 g/mol. The van der Waals surface area contributed by atoms with Crippen molar-refractivity contribution in [1.29, 1.82) is 0 Å². The van der Waals surface area contributed by atoms with E-state index in [2.05, 4.69) is 0 Å². The maximum absolute atomic E-state index is 5.11. The summed E-state index contributed by atoms with van der Waals surface area (Å²) in [7, 11) is 0. The Balaban J connectivity index is -0.0000000450. The van der Waals surface area contributed by atoms with Crippen LogP contribution in [0.5, 0.6) is 0 Å². The summed E-state index contributed by atoms with van der Waals surface area (Å²) in [6, 6.07) is 0.333. The van der Waals surface area contributed by atoms with Crippen molar-refractivity contribution < 1.29 is 0 Å². The predicted molar refractivity (Wildman–Crippen MR) is 33.6 cm³/mol. The van der Waals surface area contributed by atoms with Gasteiger partial charge in [-0.25, -0.2) is 0 Å². The maximum atomic E-state index is 5.11. The molecule has 0 radical (unpaired) electrons. The summed E-state index contributed by atoms with van der Waals surface area (Å²) in [5.74, 6) is 0. The van der Waals surface area contributed by atoms with Crippen molar-refractivity contribution in [2.24, 2.45) is 5.73 Å². The molecule has 0 aliphatic heterocycles. The van der Waals surface area contributed by atoms with Gasteiger partial charge < -0.3 is 5.73 Å². The molecule has 2 N–H and O–H groups in total. The van der Waals surface area contributed by atoms with Gasteiger partial charge in [-0.2, -0.15) is 0 Å². The van der Waals surface area contributed by atoms with E-state index in [1.54, 1.807) is 0 Å². The Labute approximate surface area is 104 Å². The fourth-order valence-corrected chi connectivity index (χ4v) is 0. The first-order valence-electron chi connectivity index (χ1n) is 1.49. The zero-order valence-electron chi connectivity index (χ0n) is 3.15. The van der Waals surface area contributed by atoms with Gasteiger partial charge in [-0.05, 0) is 6.04 Å². The number of rotatable bonds is 0. The van der Waals surface area contributed by atoms with Gasteiger partial charge in [0.2, 0.25) is 0 Å². The van der Waals surface area contributed by atoms with Crippen LogP contribution in [0.2, 0.25) is 0 Å². The summed E-state index contributed by atoms with van der Waals surface area (Å²) in [6.07, 6.45) is 0. The first-order valence-corrected chi connectivity index (χ1v) is 1.49. The average molecular weight is 123 g/mol. The Morgan fingerprint density at radius 1 is 1.33 bits per heavy atom. The molecule has 0 bridgehead atoms. The SMILES string of the molecule is CC(C)N.[KH].[NaH]. The van der Waals surface area contributed by atoms with Gasteiger partial charge in [-0.3, -0.25) is 0 Å². The first-order chi connectivity index (χ1) is 1.73. The van der Waals surface area contributed by atoms with E-state index in [4.69, 9.17) is 5.73 Å². The molecule has 0 saturated carbocycles. The van der Waals surface area contributed by atoms with Crippen LogP contribution < -0.4 is 5.73 Å². The molecule has 0 heterocycles. The minimum absolute atomic E-state index is 0. The fraction of sp³-hybridized carbons (Fsp3) is 1.00. The van der Waals surface area contributed by atoms with Crippen LogP contribution in [-0.2, 0) is 0 Å². The van der Waals surface area contributed by atoms with Crippen molar-refractivity contribution in [1.82, 2.24) is 0 Å². The van der Waals surface area contributed by atoms with Gasteiger partial charge in [0.05, 0.1) is 0 Å². The normalized spacial score (nSPS) is 6.00. The van der Waals surface area contributed by atoms with Crippen molar-refractivity contribution in [3.63, 3.8) is 0 Å². The van der Waals surface area contributed by atoms with Crippen LogP contribution in [0.4, 0.5) is 0 Å². The molecular formula is C3H11KNNa. The zero-order valence-corrected chi connectivity index (χ0v) is 3.15. The van der Waals surface area contributed by atoms with Crippen LogP contribution in [0.1, 0.15) is 13.8 Å². The van der Waals surface area contributed by atoms with E-state index in [-0.39, 0.29) is 80.9 Å². The van der Waals surface area contributed by atoms with Crippen LogP contribution in [-0.4, -0.2) is 87.0 Å². The van der Waals surface area contributed by atoms with Crippen LogP contribution >= 0.6 is 0 Å². The fourth-order valence-electron chi connectivity index (χ4n) is 0. The van der Waals surface area contributed by atoms with E-state index in [1.807, 2.05) is 13.8 Å². The molecule has 0 aromatic rings. The van der Waals surface area contributed by atoms with Gasteiger partial charge in [-0.1, -0.05) is 13.8 Å². The van der Waals surface area contributed by atoms with Crippen molar-refractivity contribution in [3.8, 4) is 0 Å².